The number of benzene rings is 2. The van der Waals surface area contributed by atoms with Crippen LogP contribution in [0.2, 0.25) is 0 Å². The van der Waals surface area contributed by atoms with E-state index in [1.165, 1.54) is 4.90 Å². The summed E-state index contributed by atoms with van der Waals surface area (Å²) < 4.78 is 11.8. The maximum atomic E-state index is 12.4. The van der Waals surface area contributed by atoms with Gasteiger partial charge in [0, 0.05) is 5.56 Å². The molecule has 1 N–H and O–H groups in total. The lowest BCUT2D eigenvalue weighted by Gasteiger charge is -2.20. The Labute approximate surface area is 185 Å². The first kappa shape index (κ1) is 25.3. The molecule has 0 aliphatic carbocycles. The van der Waals surface area contributed by atoms with Crippen molar-refractivity contribution in [1.82, 2.24) is 0 Å². The van der Waals surface area contributed by atoms with Gasteiger partial charge in [-0.2, -0.15) is 0 Å². The molecule has 1 atom stereocenters. The quantitative estimate of drug-likeness (QED) is 0.339. The molecule has 0 radical (unpaired) electrons. The largest absolute Gasteiger partial charge is 1.00 e. The van der Waals surface area contributed by atoms with Crippen molar-refractivity contribution >= 4 is 17.6 Å². The number of hydrogen-bond acceptors (Lipinski definition) is 3. The maximum absolute atomic E-state index is 12.4. The summed E-state index contributed by atoms with van der Waals surface area (Å²) in [5.74, 6) is 1.99. The second-order valence-corrected chi connectivity index (χ2v) is 7.58. The summed E-state index contributed by atoms with van der Waals surface area (Å²) in [5, 5.41) is 0. The predicted octanol–water partition coefficient (Wildman–Crippen LogP) is 0.864. The molecule has 1 unspecified atom stereocenters. The van der Waals surface area contributed by atoms with E-state index >= 15 is 0 Å². The van der Waals surface area contributed by atoms with E-state index in [1.54, 1.807) is 12.1 Å². The Bertz CT molecular complexity index is 766. The first-order valence-electron chi connectivity index (χ1n) is 9.90. The van der Waals surface area contributed by atoms with Gasteiger partial charge in [-0.1, -0.05) is 32.0 Å². The summed E-state index contributed by atoms with van der Waals surface area (Å²) in [4.78, 5) is 13.8. The van der Waals surface area contributed by atoms with Crippen LogP contribution in [0.5, 0.6) is 11.5 Å². The summed E-state index contributed by atoms with van der Waals surface area (Å²) in [6.07, 6.45) is 0. The van der Waals surface area contributed by atoms with Gasteiger partial charge >= 0.3 is 5.97 Å². The van der Waals surface area contributed by atoms with Gasteiger partial charge in [0.05, 0.1) is 24.5 Å². The summed E-state index contributed by atoms with van der Waals surface area (Å²) >= 11 is 5.86. The molecule has 2 rings (SSSR count). The van der Waals surface area contributed by atoms with Gasteiger partial charge in [-0.25, -0.2) is 4.79 Å². The zero-order chi connectivity index (χ0) is 20.5. The van der Waals surface area contributed by atoms with Crippen LogP contribution in [0, 0.1) is 6.92 Å². The highest BCUT2D eigenvalue weighted by Gasteiger charge is 2.16. The van der Waals surface area contributed by atoms with E-state index < -0.39 is 0 Å². The number of hydrogen-bond donors (Lipinski definition) is 1. The second-order valence-electron chi connectivity index (χ2n) is 7.21. The number of esters is 1. The van der Waals surface area contributed by atoms with E-state index in [4.69, 9.17) is 21.1 Å². The molecule has 160 valence electrons. The van der Waals surface area contributed by atoms with Crippen molar-refractivity contribution < 1.29 is 31.6 Å². The van der Waals surface area contributed by atoms with E-state index in [0.29, 0.717) is 23.8 Å². The molecule has 0 saturated heterocycles. The van der Waals surface area contributed by atoms with Gasteiger partial charge in [0.1, 0.15) is 24.7 Å². The molecule has 0 aromatic heterocycles. The van der Waals surface area contributed by atoms with E-state index in [2.05, 4.69) is 20.8 Å². The molecule has 0 spiro atoms. The van der Waals surface area contributed by atoms with Gasteiger partial charge in [0.15, 0.2) is 0 Å². The fourth-order valence-electron chi connectivity index (χ4n) is 3.01. The molecule has 0 saturated carbocycles. The van der Waals surface area contributed by atoms with Gasteiger partial charge in [-0.15, -0.1) is 11.6 Å². The van der Waals surface area contributed by atoms with Crippen molar-refractivity contribution in [3.63, 3.8) is 0 Å². The Morgan fingerprint density at radius 2 is 1.79 bits per heavy atom. The van der Waals surface area contributed by atoms with Crippen LogP contribution in [0.25, 0.3) is 0 Å². The van der Waals surface area contributed by atoms with Crippen LogP contribution in [-0.4, -0.2) is 38.1 Å². The smallest absolute Gasteiger partial charge is 0.343 e. The summed E-state index contributed by atoms with van der Waals surface area (Å²) in [7, 11) is 0. The standard InChI is InChI=1S/C23H30ClNO3.ClH/c1-5-25(12-11-24)13-14-27-22-15-18(4)21(16-20(22)17(2)3)28-23(26)19-9-7-6-8-10-19;/h6-10,15-17H,5,11-14H2,1-4H3;1H. The molecule has 29 heavy (non-hydrogen) atoms. The number of carbonyl (C=O) groups excluding carboxylic acids is 1. The minimum Gasteiger partial charge on any atom is -1.00 e. The number of ether oxygens (including phenoxy) is 2. The highest BCUT2D eigenvalue weighted by atomic mass is 35.5. The zero-order valence-electron chi connectivity index (χ0n) is 17.6. The van der Waals surface area contributed by atoms with Gasteiger partial charge in [-0.05, 0) is 49.6 Å². The SMILES string of the molecule is CC[NH+](CCCl)CCOc1cc(C)c(OC(=O)c2ccccc2)cc1C(C)C.[Cl-]. The average molecular weight is 440 g/mol. The first-order valence-corrected chi connectivity index (χ1v) is 10.4. The number of carbonyl (C=O) groups is 1. The minimum absolute atomic E-state index is 0. The topological polar surface area (TPSA) is 40.0 Å². The van der Waals surface area contributed by atoms with E-state index in [-0.39, 0.29) is 24.3 Å². The van der Waals surface area contributed by atoms with Crippen LogP contribution < -0.4 is 26.8 Å². The minimum atomic E-state index is -0.352. The van der Waals surface area contributed by atoms with Crippen molar-refractivity contribution in [2.45, 2.75) is 33.6 Å². The van der Waals surface area contributed by atoms with Crippen LogP contribution >= 0.6 is 11.6 Å². The monoisotopic (exact) mass is 439 g/mol. The second kappa shape index (κ2) is 12.7. The van der Waals surface area contributed by atoms with Crippen molar-refractivity contribution in [2.24, 2.45) is 0 Å². The number of alkyl halides is 1. The Morgan fingerprint density at radius 3 is 2.38 bits per heavy atom. The van der Waals surface area contributed by atoms with Gasteiger partial charge < -0.3 is 26.8 Å². The summed E-state index contributed by atoms with van der Waals surface area (Å²) in [6, 6.07) is 12.9. The molecule has 0 fully saturated rings. The molecule has 2 aromatic rings. The molecule has 0 heterocycles. The Balaban J connectivity index is 0.00000420. The number of aryl methyl sites for hydroxylation is 1. The van der Waals surface area contributed by atoms with E-state index in [9.17, 15) is 4.79 Å². The third-order valence-corrected chi connectivity index (χ3v) is 4.99. The van der Waals surface area contributed by atoms with E-state index in [0.717, 1.165) is 36.5 Å². The lowest BCUT2D eigenvalue weighted by atomic mass is 9.99. The van der Waals surface area contributed by atoms with Crippen LogP contribution in [0.15, 0.2) is 42.5 Å². The van der Waals surface area contributed by atoms with Gasteiger partial charge in [0.25, 0.3) is 0 Å². The highest BCUT2D eigenvalue weighted by Crippen LogP contribution is 2.33. The van der Waals surface area contributed by atoms with Crippen molar-refractivity contribution in [3.05, 3.63) is 59.2 Å². The Kier molecular flexibility index (Phi) is 11.1. The van der Waals surface area contributed by atoms with Crippen LogP contribution in [0.3, 0.4) is 0 Å². The van der Waals surface area contributed by atoms with Crippen molar-refractivity contribution in [2.75, 3.05) is 32.1 Å². The Hall–Kier alpha value is -1.75. The third-order valence-electron chi connectivity index (χ3n) is 4.80. The van der Waals surface area contributed by atoms with Crippen LogP contribution in [-0.2, 0) is 0 Å². The normalized spacial score (nSPS) is 11.7. The Morgan fingerprint density at radius 1 is 1.10 bits per heavy atom. The first-order chi connectivity index (χ1) is 13.5. The average Bonchev–Trinajstić information content (AvgIpc) is 2.69. The summed E-state index contributed by atoms with van der Waals surface area (Å²) in [5.41, 5.74) is 2.45. The lowest BCUT2D eigenvalue weighted by molar-refractivity contribution is -0.895. The van der Waals surface area contributed by atoms with Crippen molar-refractivity contribution in [3.8, 4) is 11.5 Å². The fourth-order valence-corrected chi connectivity index (χ4v) is 3.28. The molecule has 4 nitrogen and oxygen atoms in total. The van der Waals surface area contributed by atoms with Crippen LogP contribution in [0.4, 0.5) is 0 Å². The lowest BCUT2D eigenvalue weighted by Crippen LogP contribution is -3.12. The third kappa shape index (κ3) is 7.54. The molecule has 6 heteroatoms. The molecular formula is C23H31Cl2NO3. The fraction of sp³-hybridized carbons (Fsp3) is 0.435. The molecular weight excluding hydrogens is 409 g/mol. The van der Waals surface area contributed by atoms with Crippen LogP contribution in [0.1, 0.15) is 48.2 Å². The highest BCUT2D eigenvalue weighted by molar-refractivity contribution is 6.17. The number of nitrogens with one attached hydrogen (secondary N) is 1. The molecule has 0 aliphatic rings. The number of likely N-dealkylation sites (N-methyl/N-ethyl adjacent to an activating group) is 1. The number of quaternary nitrogens is 1. The number of halogens is 2. The number of rotatable bonds is 10. The predicted molar refractivity (Wildman–Crippen MR) is 114 cm³/mol. The molecule has 2 aromatic carbocycles. The van der Waals surface area contributed by atoms with Gasteiger partial charge in [-0.3, -0.25) is 0 Å². The molecule has 0 aliphatic heterocycles. The van der Waals surface area contributed by atoms with E-state index in [1.807, 2.05) is 37.3 Å². The van der Waals surface area contributed by atoms with Gasteiger partial charge in [0.2, 0.25) is 0 Å². The summed E-state index contributed by atoms with van der Waals surface area (Å²) in [6.45, 7) is 11.8. The molecule has 0 bridgehead atoms. The zero-order valence-corrected chi connectivity index (χ0v) is 19.1. The van der Waals surface area contributed by atoms with Crippen molar-refractivity contribution in [1.29, 1.82) is 0 Å². The maximum Gasteiger partial charge on any atom is 0.343 e. The molecule has 0 amide bonds.